The van der Waals surface area contributed by atoms with E-state index >= 15 is 0 Å². The van der Waals surface area contributed by atoms with E-state index in [-0.39, 0.29) is 5.84 Å². The lowest BCUT2D eigenvalue weighted by Crippen LogP contribution is -2.20. The number of nitrogens with one attached hydrogen (secondary N) is 1. The summed E-state index contributed by atoms with van der Waals surface area (Å²) in [7, 11) is 0. The number of nitrogens with two attached hydrogens (primary N) is 1. The number of benzene rings is 2. The number of amidine groups is 1. The molecule has 0 fully saturated rings. The Kier molecular flexibility index (Phi) is 5.14. The molecule has 0 saturated heterocycles. The minimum atomic E-state index is -0.435. The highest BCUT2D eigenvalue weighted by Crippen LogP contribution is 2.13. The standard InChI is InChI=1S/C15H15ClFN3O/c16-12-3-1-2-10(6-12)8-19-9-11-4-5-13(17)7-14(11)15(18)20-21/h1-7,19,21H,8-9H2,(H2,18,20). The number of rotatable bonds is 5. The molecule has 0 aliphatic heterocycles. The van der Waals surface area contributed by atoms with Gasteiger partial charge >= 0.3 is 0 Å². The summed E-state index contributed by atoms with van der Waals surface area (Å²) in [5.41, 5.74) is 7.71. The molecular formula is C15H15ClFN3O. The predicted octanol–water partition coefficient (Wildman–Crippen LogP) is 2.86. The molecule has 4 nitrogen and oxygen atoms in total. The van der Waals surface area contributed by atoms with Gasteiger partial charge in [0.1, 0.15) is 5.82 Å². The van der Waals surface area contributed by atoms with E-state index in [1.807, 2.05) is 24.3 Å². The number of oxime groups is 1. The van der Waals surface area contributed by atoms with Gasteiger partial charge in [-0.05, 0) is 35.4 Å². The maximum atomic E-state index is 13.2. The summed E-state index contributed by atoms with van der Waals surface area (Å²) in [4.78, 5) is 0. The van der Waals surface area contributed by atoms with Gasteiger partial charge in [-0.1, -0.05) is 35.0 Å². The third-order valence-electron chi connectivity index (χ3n) is 2.99. The maximum Gasteiger partial charge on any atom is 0.170 e. The Labute approximate surface area is 127 Å². The van der Waals surface area contributed by atoms with Crippen LogP contribution in [-0.4, -0.2) is 11.0 Å². The smallest absolute Gasteiger partial charge is 0.170 e. The van der Waals surface area contributed by atoms with Gasteiger partial charge in [-0.25, -0.2) is 4.39 Å². The first-order valence-corrected chi connectivity index (χ1v) is 6.69. The minimum absolute atomic E-state index is 0.117. The Morgan fingerprint density at radius 2 is 2.05 bits per heavy atom. The molecule has 21 heavy (non-hydrogen) atoms. The number of halogens is 2. The van der Waals surface area contributed by atoms with Crippen LogP contribution in [0.15, 0.2) is 47.6 Å². The van der Waals surface area contributed by atoms with E-state index in [4.69, 9.17) is 22.5 Å². The Bertz CT molecular complexity index is 661. The summed E-state index contributed by atoms with van der Waals surface area (Å²) in [5, 5.41) is 15.5. The van der Waals surface area contributed by atoms with Gasteiger partial charge in [0, 0.05) is 23.7 Å². The molecule has 2 aromatic rings. The van der Waals surface area contributed by atoms with Gasteiger partial charge in [0.15, 0.2) is 5.84 Å². The molecule has 0 spiro atoms. The molecule has 0 saturated carbocycles. The van der Waals surface area contributed by atoms with E-state index in [1.165, 1.54) is 12.1 Å². The van der Waals surface area contributed by atoms with E-state index in [2.05, 4.69) is 10.5 Å². The van der Waals surface area contributed by atoms with Gasteiger partial charge in [-0.2, -0.15) is 0 Å². The molecule has 0 aromatic heterocycles. The highest BCUT2D eigenvalue weighted by Gasteiger charge is 2.08. The van der Waals surface area contributed by atoms with Crippen LogP contribution in [-0.2, 0) is 13.1 Å². The predicted molar refractivity (Wildman–Crippen MR) is 80.9 cm³/mol. The van der Waals surface area contributed by atoms with Crippen LogP contribution in [0.2, 0.25) is 5.02 Å². The van der Waals surface area contributed by atoms with Crippen molar-refractivity contribution in [2.45, 2.75) is 13.1 Å². The van der Waals surface area contributed by atoms with Crippen LogP contribution in [0.1, 0.15) is 16.7 Å². The van der Waals surface area contributed by atoms with Crippen molar-refractivity contribution in [2.75, 3.05) is 0 Å². The van der Waals surface area contributed by atoms with Crippen LogP contribution in [0, 0.1) is 5.82 Å². The van der Waals surface area contributed by atoms with E-state index in [0.717, 1.165) is 11.1 Å². The first-order chi connectivity index (χ1) is 10.1. The summed E-state index contributed by atoms with van der Waals surface area (Å²) in [6.07, 6.45) is 0. The van der Waals surface area contributed by atoms with Crippen molar-refractivity contribution in [3.05, 3.63) is 70.0 Å². The van der Waals surface area contributed by atoms with Gasteiger partial charge in [0.2, 0.25) is 0 Å². The third kappa shape index (κ3) is 4.18. The molecule has 4 N–H and O–H groups in total. The van der Waals surface area contributed by atoms with Gasteiger partial charge < -0.3 is 16.3 Å². The van der Waals surface area contributed by atoms with Crippen LogP contribution < -0.4 is 11.1 Å². The van der Waals surface area contributed by atoms with E-state index in [0.29, 0.717) is 23.7 Å². The van der Waals surface area contributed by atoms with Crippen molar-refractivity contribution in [3.63, 3.8) is 0 Å². The van der Waals surface area contributed by atoms with Crippen molar-refractivity contribution in [3.8, 4) is 0 Å². The Morgan fingerprint density at radius 3 is 2.76 bits per heavy atom. The second-order valence-corrected chi connectivity index (χ2v) is 4.96. The molecule has 0 aliphatic rings. The lowest BCUT2D eigenvalue weighted by molar-refractivity contribution is 0.318. The minimum Gasteiger partial charge on any atom is -0.409 e. The lowest BCUT2D eigenvalue weighted by atomic mass is 10.1. The van der Waals surface area contributed by atoms with E-state index < -0.39 is 5.82 Å². The zero-order valence-corrected chi connectivity index (χ0v) is 11.9. The maximum absolute atomic E-state index is 13.2. The Hall–Kier alpha value is -2.11. The normalized spacial score (nSPS) is 11.6. The summed E-state index contributed by atoms with van der Waals surface area (Å²) >= 11 is 5.91. The molecular weight excluding hydrogens is 293 g/mol. The van der Waals surface area contributed by atoms with Crippen LogP contribution >= 0.6 is 11.6 Å². The topological polar surface area (TPSA) is 70.6 Å². The first-order valence-electron chi connectivity index (χ1n) is 6.31. The lowest BCUT2D eigenvalue weighted by Gasteiger charge is -2.10. The Balaban J connectivity index is 2.06. The fraction of sp³-hybridized carbons (Fsp3) is 0.133. The average Bonchev–Trinajstić information content (AvgIpc) is 2.48. The molecule has 0 heterocycles. The largest absolute Gasteiger partial charge is 0.409 e. The van der Waals surface area contributed by atoms with Crippen LogP contribution in [0.4, 0.5) is 4.39 Å². The fourth-order valence-electron chi connectivity index (χ4n) is 1.98. The quantitative estimate of drug-likeness (QED) is 0.344. The Morgan fingerprint density at radius 1 is 1.24 bits per heavy atom. The molecule has 0 unspecified atom stereocenters. The summed E-state index contributed by atoms with van der Waals surface area (Å²) in [6.45, 7) is 1.06. The van der Waals surface area contributed by atoms with E-state index in [9.17, 15) is 4.39 Å². The molecule has 6 heteroatoms. The van der Waals surface area contributed by atoms with Crippen molar-refractivity contribution in [1.82, 2.24) is 5.32 Å². The molecule has 0 amide bonds. The zero-order valence-electron chi connectivity index (χ0n) is 11.2. The molecule has 2 aromatic carbocycles. The SMILES string of the molecule is NC(=NO)c1cc(F)ccc1CNCc1cccc(Cl)c1. The van der Waals surface area contributed by atoms with Crippen molar-refractivity contribution in [2.24, 2.45) is 10.9 Å². The van der Waals surface area contributed by atoms with Gasteiger partial charge in [-0.3, -0.25) is 0 Å². The molecule has 110 valence electrons. The van der Waals surface area contributed by atoms with Crippen molar-refractivity contribution in [1.29, 1.82) is 0 Å². The average molecular weight is 308 g/mol. The third-order valence-corrected chi connectivity index (χ3v) is 3.22. The molecule has 0 bridgehead atoms. The van der Waals surface area contributed by atoms with Crippen LogP contribution in [0.3, 0.4) is 0 Å². The molecule has 2 rings (SSSR count). The highest BCUT2D eigenvalue weighted by atomic mass is 35.5. The fourth-order valence-corrected chi connectivity index (χ4v) is 2.20. The molecule has 0 radical (unpaired) electrons. The second kappa shape index (κ2) is 7.06. The number of nitrogens with zero attached hydrogens (tertiary/aromatic N) is 1. The van der Waals surface area contributed by atoms with Crippen LogP contribution in [0.5, 0.6) is 0 Å². The first kappa shape index (κ1) is 15.3. The van der Waals surface area contributed by atoms with E-state index in [1.54, 1.807) is 6.07 Å². The summed E-state index contributed by atoms with van der Waals surface area (Å²) in [6, 6.07) is 11.7. The van der Waals surface area contributed by atoms with Crippen LogP contribution in [0.25, 0.3) is 0 Å². The molecule has 0 aliphatic carbocycles. The second-order valence-electron chi connectivity index (χ2n) is 4.52. The number of hydrogen-bond donors (Lipinski definition) is 3. The molecule has 0 atom stereocenters. The van der Waals surface area contributed by atoms with Gasteiger partial charge in [0.25, 0.3) is 0 Å². The summed E-state index contributed by atoms with van der Waals surface area (Å²) < 4.78 is 13.2. The van der Waals surface area contributed by atoms with Crippen molar-refractivity contribution < 1.29 is 9.60 Å². The highest BCUT2D eigenvalue weighted by molar-refractivity contribution is 6.30. The number of hydrogen-bond acceptors (Lipinski definition) is 3. The van der Waals surface area contributed by atoms with Gasteiger partial charge in [-0.15, -0.1) is 0 Å². The van der Waals surface area contributed by atoms with Gasteiger partial charge in [0.05, 0.1) is 0 Å². The van der Waals surface area contributed by atoms with Crippen molar-refractivity contribution >= 4 is 17.4 Å². The summed E-state index contributed by atoms with van der Waals surface area (Å²) in [5.74, 6) is -0.552. The monoisotopic (exact) mass is 307 g/mol. The zero-order chi connectivity index (χ0) is 15.2.